The van der Waals surface area contributed by atoms with Crippen LogP contribution in [0, 0.1) is 0 Å². The average molecular weight is 206 g/mol. The van der Waals surface area contributed by atoms with E-state index in [2.05, 4.69) is 21.5 Å². The van der Waals surface area contributed by atoms with Crippen molar-refractivity contribution >= 4 is 0 Å². The Labute approximate surface area is 90.4 Å². The maximum absolute atomic E-state index is 4.16. The van der Waals surface area contributed by atoms with E-state index >= 15 is 0 Å². The maximum atomic E-state index is 4.16. The minimum absolute atomic E-state index is 0.809. The molecule has 0 aliphatic heterocycles. The fourth-order valence-electron chi connectivity index (χ4n) is 1.89. The molecule has 1 aromatic heterocycles. The van der Waals surface area contributed by atoms with Crippen molar-refractivity contribution in [3.8, 4) is 0 Å². The van der Waals surface area contributed by atoms with Gasteiger partial charge in [-0.1, -0.05) is 11.6 Å². The molecule has 15 heavy (non-hydrogen) atoms. The lowest BCUT2D eigenvalue weighted by Gasteiger charge is -2.04. The molecule has 0 saturated heterocycles. The van der Waals surface area contributed by atoms with E-state index in [-0.39, 0.29) is 0 Å². The summed E-state index contributed by atoms with van der Waals surface area (Å²) in [6, 6.07) is 0. The molecule has 0 bridgehead atoms. The van der Waals surface area contributed by atoms with Gasteiger partial charge >= 0.3 is 0 Å². The van der Waals surface area contributed by atoms with Gasteiger partial charge in [-0.25, -0.2) is 4.98 Å². The van der Waals surface area contributed by atoms with E-state index in [0.717, 1.165) is 18.9 Å². The largest absolute Gasteiger partial charge is 0.310 e. The molecule has 1 N–H and O–H groups in total. The van der Waals surface area contributed by atoms with Gasteiger partial charge in [-0.15, -0.1) is 0 Å². The number of aromatic nitrogens is 3. The Morgan fingerprint density at radius 2 is 2.47 bits per heavy atom. The summed E-state index contributed by atoms with van der Waals surface area (Å²) in [5.41, 5.74) is 1.61. The van der Waals surface area contributed by atoms with Crippen LogP contribution in [0.15, 0.2) is 18.0 Å². The highest BCUT2D eigenvalue weighted by Crippen LogP contribution is 2.19. The van der Waals surface area contributed by atoms with E-state index in [9.17, 15) is 0 Å². The maximum Gasteiger partial charge on any atom is 0.140 e. The Bertz CT molecular complexity index is 340. The van der Waals surface area contributed by atoms with E-state index in [1.165, 1.54) is 25.7 Å². The Kier molecular flexibility index (Phi) is 3.50. The molecule has 0 radical (unpaired) electrons. The van der Waals surface area contributed by atoms with Crippen molar-refractivity contribution in [1.29, 1.82) is 0 Å². The zero-order chi connectivity index (χ0) is 10.5. The first-order chi connectivity index (χ1) is 7.36. The van der Waals surface area contributed by atoms with Crippen molar-refractivity contribution in [3.63, 3.8) is 0 Å². The molecule has 2 rings (SSSR count). The summed E-state index contributed by atoms with van der Waals surface area (Å²) in [6.45, 7) is 1.85. The first-order valence-corrected chi connectivity index (χ1v) is 5.58. The Hall–Kier alpha value is -1.16. The Morgan fingerprint density at radius 3 is 3.13 bits per heavy atom. The molecular formula is C11H18N4. The standard InChI is InChI=1S/C11H18N4/c1-15-11(13-9-14-15)8-12-7-6-10-4-2-3-5-10/h4,9,12H,2-3,5-8H2,1H3. The molecule has 1 aliphatic rings. The van der Waals surface area contributed by atoms with Crippen LogP contribution >= 0.6 is 0 Å². The summed E-state index contributed by atoms with van der Waals surface area (Å²) in [5, 5.41) is 7.42. The molecule has 0 amide bonds. The van der Waals surface area contributed by atoms with Gasteiger partial charge in [0.25, 0.3) is 0 Å². The second-order valence-corrected chi connectivity index (χ2v) is 3.98. The minimum atomic E-state index is 0.809. The molecule has 4 heteroatoms. The lowest BCUT2D eigenvalue weighted by atomic mass is 10.2. The fourth-order valence-corrected chi connectivity index (χ4v) is 1.89. The number of aryl methyl sites for hydroxylation is 1. The highest BCUT2D eigenvalue weighted by molar-refractivity contribution is 5.07. The highest BCUT2D eigenvalue weighted by Gasteiger charge is 2.04. The van der Waals surface area contributed by atoms with Gasteiger partial charge in [-0.05, 0) is 32.2 Å². The highest BCUT2D eigenvalue weighted by atomic mass is 15.3. The zero-order valence-corrected chi connectivity index (χ0v) is 9.24. The van der Waals surface area contributed by atoms with Crippen LogP contribution in [-0.2, 0) is 13.6 Å². The number of nitrogens with zero attached hydrogens (tertiary/aromatic N) is 3. The lowest BCUT2D eigenvalue weighted by Crippen LogP contribution is -2.18. The van der Waals surface area contributed by atoms with Gasteiger partial charge in [-0.2, -0.15) is 5.10 Å². The molecule has 82 valence electrons. The number of nitrogens with one attached hydrogen (secondary N) is 1. The topological polar surface area (TPSA) is 42.7 Å². The van der Waals surface area contributed by atoms with Gasteiger partial charge in [0.05, 0.1) is 6.54 Å². The smallest absolute Gasteiger partial charge is 0.140 e. The van der Waals surface area contributed by atoms with Crippen molar-refractivity contribution < 1.29 is 0 Å². The molecule has 0 spiro atoms. The van der Waals surface area contributed by atoms with Gasteiger partial charge < -0.3 is 5.32 Å². The number of hydrogen-bond donors (Lipinski definition) is 1. The van der Waals surface area contributed by atoms with Gasteiger partial charge in [0.1, 0.15) is 12.2 Å². The van der Waals surface area contributed by atoms with E-state index in [4.69, 9.17) is 0 Å². The van der Waals surface area contributed by atoms with Gasteiger partial charge in [0.2, 0.25) is 0 Å². The average Bonchev–Trinajstić information content (AvgIpc) is 2.85. The van der Waals surface area contributed by atoms with Crippen molar-refractivity contribution in [1.82, 2.24) is 20.1 Å². The van der Waals surface area contributed by atoms with Crippen molar-refractivity contribution in [3.05, 3.63) is 23.8 Å². The second kappa shape index (κ2) is 5.07. The molecule has 1 aromatic rings. The lowest BCUT2D eigenvalue weighted by molar-refractivity contribution is 0.610. The van der Waals surface area contributed by atoms with Gasteiger partial charge in [0, 0.05) is 7.05 Å². The second-order valence-electron chi connectivity index (χ2n) is 3.98. The van der Waals surface area contributed by atoms with E-state index in [1.807, 2.05) is 11.7 Å². The first kappa shape index (κ1) is 10.4. The predicted molar refractivity (Wildman–Crippen MR) is 59.3 cm³/mol. The molecule has 1 heterocycles. The molecule has 4 nitrogen and oxygen atoms in total. The third-order valence-corrected chi connectivity index (χ3v) is 2.85. The molecule has 0 unspecified atom stereocenters. The SMILES string of the molecule is Cn1ncnc1CNCCC1=CCCC1. The predicted octanol–water partition coefficient (Wildman–Crippen LogP) is 1.41. The molecule has 1 aliphatic carbocycles. The van der Waals surface area contributed by atoms with E-state index in [1.54, 1.807) is 11.9 Å². The summed E-state index contributed by atoms with van der Waals surface area (Å²) in [6.07, 6.45) is 9.07. The van der Waals surface area contributed by atoms with Crippen LogP contribution in [0.5, 0.6) is 0 Å². The molecule has 0 aromatic carbocycles. The van der Waals surface area contributed by atoms with Crippen molar-refractivity contribution in [2.45, 2.75) is 32.2 Å². The molecule has 0 saturated carbocycles. The Balaban J connectivity index is 1.65. The van der Waals surface area contributed by atoms with Crippen LogP contribution in [0.1, 0.15) is 31.5 Å². The summed E-state index contributed by atoms with van der Waals surface area (Å²) in [4.78, 5) is 4.16. The van der Waals surface area contributed by atoms with E-state index < -0.39 is 0 Å². The Morgan fingerprint density at radius 1 is 1.53 bits per heavy atom. The zero-order valence-electron chi connectivity index (χ0n) is 9.24. The number of rotatable bonds is 5. The number of hydrogen-bond acceptors (Lipinski definition) is 3. The van der Waals surface area contributed by atoms with Crippen molar-refractivity contribution in [2.24, 2.45) is 7.05 Å². The minimum Gasteiger partial charge on any atom is -0.310 e. The molecule has 0 fully saturated rings. The summed E-state index contributed by atoms with van der Waals surface area (Å²) in [7, 11) is 1.92. The molecule has 0 atom stereocenters. The summed E-state index contributed by atoms with van der Waals surface area (Å²) >= 11 is 0. The monoisotopic (exact) mass is 206 g/mol. The van der Waals surface area contributed by atoms with Crippen LogP contribution in [0.2, 0.25) is 0 Å². The quantitative estimate of drug-likeness (QED) is 0.585. The third kappa shape index (κ3) is 2.89. The molecular weight excluding hydrogens is 188 g/mol. The normalized spacial score (nSPS) is 15.7. The van der Waals surface area contributed by atoms with Crippen LogP contribution in [-0.4, -0.2) is 21.3 Å². The van der Waals surface area contributed by atoms with Crippen LogP contribution in [0.25, 0.3) is 0 Å². The van der Waals surface area contributed by atoms with Crippen molar-refractivity contribution in [2.75, 3.05) is 6.54 Å². The van der Waals surface area contributed by atoms with Crippen LogP contribution in [0.3, 0.4) is 0 Å². The first-order valence-electron chi connectivity index (χ1n) is 5.58. The fraction of sp³-hybridized carbons (Fsp3) is 0.636. The summed E-state index contributed by atoms with van der Waals surface area (Å²) in [5.74, 6) is 0.996. The van der Waals surface area contributed by atoms with Gasteiger partial charge in [-0.3, -0.25) is 4.68 Å². The number of allylic oxidation sites excluding steroid dienone is 1. The summed E-state index contributed by atoms with van der Waals surface area (Å²) < 4.78 is 1.81. The van der Waals surface area contributed by atoms with Crippen LogP contribution < -0.4 is 5.32 Å². The van der Waals surface area contributed by atoms with Gasteiger partial charge in [0.15, 0.2) is 0 Å². The third-order valence-electron chi connectivity index (χ3n) is 2.85. The van der Waals surface area contributed by atoms with Crippen LogP contribution in [0.4, 0.5) is 0 Å². The van der Waals surface area contributed by atoms with E-state index in [0.29, 0.717) is 0 Å².